The van der Waals surface area contributed by atoms with Gasteiger partial charge in [0.15, 0.2) is 17.5 Å². The number of imidazole rings is 1. The van der Waals surface area contributed by atoms with E-state index in [0.717, 1.165) is 67.2 Å². The second-order valence-electron chi connectivity index (χ2n) is 13.2. The quantitative estimate of drug-likeness (QED) is 0.157. The Balaban J connectivity index is 1.06. The highest BCUT2D eigenvalue weighted by Gasteiger charge is 2.20. The minimum absolute atomic E-state index is 0.614. The molecule has 0 saturated heterocycles. The Hall–Kier alpha value is -7.64. The number of fused-ring (bicyclic) bond motifs is 3. The van der Waals surface area contributed by atoms with Gasteiger partial charge < -0.3 is 4.90 Å². The fraction of sp³-hybridized carbons (Fsp3) is 0. The van der Waals surface area contributed by atoms with Crippen LogP contribution in [0, 0.1) is 0 Å². The average Bonchev–Trinajstić information content (AvgIpc) is 3.88. The maximum absolute atomic E-state index is 4.94. The third-order valence-corrected chi connectivity index (χ3v) is 9.87. The van der Waals surface area contributed by atoms with Gasteiger partial charge in [-0.05, 0) is 72.8 Å². The first-order valence-electron chi connectivity index (χ1n) is 18.2. The van der Waals surface area contributed by atoms with Crippen LogP contribution in [0.3, 0.4) is 0 Å². The van der Waals surface area contributed by atoms with Crippen LogP contribution >= 0.6 is 0 Å². The van der Waals surface area contributed by atoms with Crippen LogP contribution in [-0.2, 0) is 0 Å². The van der Waals surface area contributed by atoms with Gasteiger partial charge >= 0.3 is 0 Å². The van der Waals surface area contributed by atoms with E-state index < -0.39 is 0 Å². The molecule has 0 spiro atoms. The van der Waals surface area contributed by atoms with Crippen molar-refractivity contribution in [1.82, 2.24) is 29.1 Å². The SMILES string of the molecule is c1ccc(-c2nc(-c3ccccc3)nc(-c3ccc(-n4ccnc4-n4c5ccccc5c5cc(N(c6ccccc6)c6ccccc6)ccc54)cc3)n2)cc1. The minimum Gasteiger partial charge on any atom is -0.310 e. The van der Waals surface area contributed by atoms with Crippen molar-refractivity contribution in [3.05, 3.63) is 200 Å². The number of para-hydroxylation sites is 3. The number of aromatic nitrogens is 6. The van der Waals surface area contributed by atoms with Crippen molar-refractivity contribution in [2.75, 3.05) is 4.90 Å². The lowest BCUT2D eigenvalue weighted by Crippen LogP contribution is -2.09. The third kappa shape index (κ3) is 5.90. The van der Waals surface area contributed by atoms with Crippen molar-refractivity contribution < 1.29 is 0 Å². The molecule has 0 atom stereocenters. The van der Waals surface area contributed by atoms with E-state index in [1.165, 1.54) is 0 Å². The molecule has 0 aliphatic rings. The van der Waals surface area contributed by atoms with Crippen LogP contribution in [0.5, 0.6) is 0 Å². The molecule has 0 radical (unpaired) electrons. The molecule has 0 unspecified atom stereocenters. The first kappa shape index (κ1) is 32.0. The van der Waals surface area contributed by atoms with Crippen LogP contribution < -0.4 is 4.90 Å². The molecule has 0 fully saturated rings. The molecule has 0 saturated carbocycles. The molecule has 3 aromatic heterocycles. The molecule has 260 valence electrons. The summed E-state index contributed by atoms with van der Waals surface area (Å²) in [7, 11) is 0. The fourth-order valence-electron chi connectivity index (χ4n) is 7.29. The first-order chi connectivity index (χ1) is 27.3. The van der Waals surface area contributed by atoms with E-state index in [1.807, 2.05) is 73.1 Å². The summed E-state index contributed by atoms with van der Waals surface area (Å²) in [6, 6.07) is 64.7. The lowest BCUT2D eigenvalue weighted by atomic mass is 10.1. The van der Waals surface area contributed by atoms with Gasteiger partial charge in [-0.1, -0.05) is 115 Å². The van der Waals surface area contributed by atoms with E-state index in [0.29, 0.717) is 17.5 Å². The minimum atomic E-state index is 0.614. The van der Waals surface area contributed by atoms with E-state index in [9.17, 15) is 0 Å². The normalized spacial score (nSPS) is 11.3. The zero-order chi connectivity index (χ0) is 36.6. The second-order valence-corrected chi connectivity index (χ2v) is 13.2. The Kier molecular flexibility index (Phi) is 8.00. The number of rotatable bonds is 8. The van der Waals surface area contributed by atoms with Gasteiger partial charge in [0.05, 0.1) is 11.0 Å². The Bertz CT molecular complexity index is 2810. The van der Waals surface area contributed by atoms with Gasteiger partial charge in [0.2, 0.25) is 5.95 Å². The lowest BCUT2D eigenvalue weighted by Gasteiger charge is -2.25. The zero-order valence-electron chi connectivity index (χ0n) is 29.7. The molecule has 7 aromatic carbocycles. The number of anilines is 3. The number of hydrogen-bond donors (Lipinski definition) is 0. The van der Waals surface area contributed by atoms with Crippen LogP contribution in [0.4, 0.5) is 17.1 Å². The molecule has 0 bridgehead atoms. The van der Waals surface area contributed by atoms with Crippen molar-refractivity contribution in [2.24, 2.45) is 0 Å². The Labute approximate surface area is 318 Å². The van der Waals surface area contributed by atoms with Crippen molar-refractivity contribution in [3.63, 3.8) is 0 Å². The zero-order valence-corrected chi connectivity index (χ0v) is 29.7. The molecule has 10 aromatic rings. The summed E-state index contributed by atoms with van der Waals surface area (Å²) in [6.07, 6.45) is 3.87. The predicted octanol–water partition coefficient (Wildman–Crippen LogP) is 11.6. The monoisotopic (exact) mass is 707 g/mol. The molecule has 0 amide bonds. The summed E-state index contributed by atoms with van der Waals surface area (Å²) >= 11 is 0. The van der Waals surface area contributed by atoms with Gasteiger partial charge in [0.1, 0.15) is 0 Å². The van der Waals surface area contributed by atoms with Crippen LogP contribution in [0.1, 0.15) is 0 Å². The molecule has 3 heterocycles. The van der Waals surface area contributed by atoms with E-state index in [-0.39, 0.29) is 0 Å². The molecule has 55 heavy (non-hydrogen) atoms. The summed E-state index contributed by atoms with van der Waals surface area (Å²) in [5, 5.41) is 2.30. The summed E-state index contributed by atoms with van der Waals surface area (Å²) in [4.78, 5) is 21.9. The maximum Gasteiger partial charge on any atom is 0.219 e. The van der Waals surface area contributed by atoms with E-state index >= 15 is 0 Å². The Morgan fingerprint density at radius 1 is 0.400 bits per heavy atom. The van der Waals surface area contributed by atoms with Gasteiger partial charge in [0, 0.05) is 62.6 Å². The summed E-state index contributed by atoms with van der Waals surface area (Å²) < 4.78 is 4.38. The van der Waals surface area contributed by atoms with Gasteiger partial charge in [0.25, 0.3) is 0 Å². The van der Waals surface area contributed by atoms with Crippen LogP contribution in [0.15, 0.2) is 200 Å². The summed E-state index contributed by atoms with van der Waals surface area (Å²) in [5.74, 6) is 2.68. The maximum atomic E-state index is 4.94. The largest absolute Gasteiger partial charge is 0.310 e. The second kappa shape index (κ2) is 13.7. The average molecular weight is 708 g/mol. The molecule has 0 aliphatic carbocycles. The topological polar surface area (TPSA) is 64.7 Å². The number of benzene rings is 7. The van der Waals surface area contributed by atoms with Gasteiger partial charge in [-0.15, -0.1) is 0 Å². The van der Waals surface area contributed by atoms with Crippen molar-refractivity contribution in [2.45, 2.75) is 0 Å². The van der Waals surface area contributed by atoms with E-state index in [2.05, 4.69) is 141 Å². The molecule has 0 N–H and O–H groups in total. The van der Waals surface area contributed by atoms with E-state index in [1.54, 1.807) is 0 Å². The highest BCUT2D eigenvalue weighted by Crippen LogP contribution is 2.39. The smallest absolute Gasteiger partial charge is 0.219 e. The molecular weight excluding hydrogens is 675 g/mol. The Morgan fingerprint density at radius 3 is 1.47 bits per heavy atom. The standard InChI is InChI=1S/C48H33N7/c1-5-15-34(16-6-1)45-50-46(35-17-7-2-8-18-35)52-47(51-45)36-25-27-37(28-26-36)53-32-31-49-48(53)55-43-24-14-13-23-41(43)42-33-40(29-30-44(42)55)54(38-19-9-3-10-20-38)39-21-11-4-12-22-39/h1-33H. The van der Waals surface area contributed by atoms with Gasteiger partial charge in [-0.3, -0.25) is 9.13 Å². The van der Waals surface area contributed by atoms with E-state index in [4.69, 9.17) is 19.9 Å². The molecular formula is C48H33N7. The van der Waals surface area contributed by atoms with Crippen molar-refractivity contribution in [1.29, 1.82) is 0 Å². The number of nitrogens with zero attached hydrogens (tertiary/aromatic N) is 7. The highest BCUT2D eigenvalue weighted by atomic mass is 15.2. The number of hydrogen-bond acceptors (Lipinski definition) is 5. The summed E-state index contributed by atoms with van der Waals surface area (Å²) in [5.41, 5.74) is 9.17. The van der Waals surface area contributed by atoms with Crippen LogP contribution in [-0.4, -0.2) is 29.1 Å². The molecule has 7 nitrogen and oxygen atoms in total. The summed E-state index contributed by atoms with van der Waals surface area (Å²) in [6.45, 7) is 0. The van der Waals surface area contributed by atoms with Gasteiger partial charge in [-0.2, -0.15) is 0 Å². The molecule has 7 heteroatoms. The Morgan fingerprint density at radius 2 is 0.891 bits per heavy atom. The first-order valence-corrected chi connectivity index (χ1v) is 18.2. The van der Waals surface area contributed by atoms with Crippen molar-refractivity contribution in [3.8, 4) is 45.8 Å². The van der Waals surface area contributed by atoms with Crippen LogP contribution in [0.2, 0.25) is 0 Å². The van der Waals surface area contributed by atoms with Crippen LogP contribution in [0.25, 0.3) is 67.6 Å². The lowest BCUT2D eigenvalue weighted by molar-refractivity contribution is 0.937. The van der Waals surface area contributed by atoms with Gasteiger partial charge in [-0.25, -0.2) is 19.9 Å². The van der Waals surface area contributed by atoms with Crippen molar-refractivity contribution >= 4 is 38.9 Å². The molecule has 10 rings (SSSR count). The third-order valence-electron chi connectivity index (χ3n) is 9.87. The molecule has 0 aliphatic heterocycles. The fourth-order valence-corrected chi connectivity index (χ4v) is 7.29. The predicted molar refractivity (Wildman–Crippen MR) is 222 cm³/mol. The highest BCUT2D eigenvalue weighted by molar-refractivity contribution is 6.10.